The Kier molecular flexibility index (Phi) is 3.94. The number of anilines is 2. The molecule has 142 valence electrons. The molecule has 5 rings (SSSR count). The van der Waals surface area contributed by atoms with Gasteiger partial charge in [-0.15, -0.1) is 0 Å². The highest BCUT2D eigenvalue weighted by Gasteiger charge is 2.25. The van der Waals surface area contributed by atoms with Gasteiger partial charge >= 0.3 is 0 Å². The number of nitrogens with one attached hydrogen (secondary N) is 2. The zero-order valence-electron chi connectivity index (χ0n) is 15.0. The van der Waals surface area contributed by atoms with Crippen molar-refractivity contribution in [3.05, 3.63) is 53.5 Å². The van der Waals surface area contributed by atoms with Crippen molar-refractivity contribution < 1.29 is 14.3 Å². The molecular weight excluding hydrogens is 360 g/mol. The summed E-state index contributed by atoms with van der Waals surface area (Å²) in [5.74, 6) is -0.380. The Morgan fingerprint density at radius 2 is 2.11 bits per heavy atom. The molecule has 0 saturated carbocycles. The van der Waals surface area contributed by atoms with E-state index in [1.54, 1.807) is 23.0 Å². The third-order valence-electron chi connectivity index (χ3n) is 5.03. The predicted molar refractivity (Wildman–Crippen MR) is 102 cm³/mol. The average molecular weight is 378 g/mol. The second-order valence-corrected chi connectivity index (χ2v) is 6.71. The molecule has 0 unspecified atom stereocenters. The minimum Gasteiger partial charge on any atom is -0.378 e. The summed E-state index contributed by atoms with van der Waals surface area (Å²) in [5, 5.41) is 10.00. The van der Waals surface area contributed by atoms with Gasteiger partial charge in [-0.25, -0.2) is 9.50 Å². The summed E-state index contributed by atoms with van der Waals surface area (Å²) in [5.41, 5.74) is 3.89. The van der Waals surface area contributed by atoms with E-state index in [1.807, 2.05) is 12.1 Å². The highest BCUT2D eigenvalue weighted by atomic mass is 16.5. The largest absolute Gasteiger partial charge is 0.378 e. The fourth-order valence-electron chi connectivity index (χ4n) is 3.60. The molecule has 2 amide bonds. The molecule has 2 aliphatic rings. The summed E-state index contributed by atoms with van der Waals surface area (Å²) in [7, 11) is 0. The quantitative estimate of drug-likeness (QED) is 0.707. The third-order valence-corrected chi connectivity index (χ3v) is 5.03. The monoisotopic (exact) mass is 378 g/mol. The molecule has 1 fully saturated rings. The highest BCUT2D eigenvalue weighted by molar-refractivity contribution is 6.10. The van der Waals surface area contributed by atoms with E-state index in [0.29, 0.717) is 55.3 Å². The Labute approximate surface area is 160 Å². The zero-order valence-corrected chi connectivity index (χ0v) is 15.0. The molecule has 1 saturated heterocycles. The van der Waals surface area contributed by atoms with Crippen molar-refractivity contribution in [3.63, 3.8) is 0 Å². The Bertz CT molecular complexity index is 1090. The molecule has 0 radical (unpaired) electrons. The van der Waals surface area contributed by atoms with Crippen LogP contribution in [0.4, 0.5) is 11.4 Å². The summed E-state index contributed by atoms with van der Waals surface area (Å²) in [6, 6.07) is 5.48. The van der Waals surface area contributed by atoms with Gasteiger partial charge in [0.15, 0.2) is 5.65 Å². The lowest BCUT2D eigenvalue weighted by Crippen LogP contribution is -2.37. The van der Waals surface area contributed by atoms with E-state index in [2.05, 4.69) is 25.6 Å². The van der Waals surface area contributed by atoms with Crippen molar-refractivity contribution >= 4 is 28.8 Å². The lowest BCUT2D eigenvalue weighted by atomic mass is 10.1. The van der Waals surface area contributed by atoms with Gasteiger partial charge < -0.3 is 20.3 Å². The van der Waals surface area contributed by atoms with Crippen molar-refractivity contribution in [2.75, 3.05) is 36.5 Å². The predicted octanol–water partition coefficient (Wildman–Crippen LogP) is 1.06. The van der Waals surface area contributed by atoms with Crippen LogP contribution < -0.4 is 15.5 Å². The SMILES string of the molecule is O=C1NCc2cc(NC(=O)c3cnn4cccnc34)c(N3CCOCC3)cc21. The molecule has 0 aliphatic carbocycles. The number of ether oxygens (including phenoxy) is 1. The van der Waals surface area contributed by atoms with Crippen LogP contribution in [0.15, 0.2) is 36.8 Å². The van der Waals surface area contributed by atoms with E-state index >= 15 is 0 Å². The van der Waals surface area contributed by atoms with E-state index in [0.717, 1.165) is 11.3 Å². The number of carbonyl (C=O) groups is 2. The fourth-order valence-corrected chi connectivity index (χ4v) is 3.60. The van der Waals surface area contributed by atoms with E-state index < -0.39 is 0 Å². The topological polar surface area (TPSA) is 101 Å². The van der Waals surface area contributed by atoms with Gasteiger partial charge in [0.05, 0.1) is 30.8 Å². The van der Waals surface area contributed by atoms with Gasteiger partial charge in [0.25, 0.3) is 11.8 Å². The summed E-state index contributed by atoms with van der Waals surface area (Å²) in [4.78, 5) is 31.4. The van der Waals surface area contributed by atoms with Crippen LogP contribution in [0.5, 0.6) is 0 Å². The van der Waals surface area contributed by atoms with Crippen molar-refractivity contribution in [1.82, 2.24) is 19.9 Å². The van der Waals surface area contributed by atoms with Crippen molar-refractivity contribution in [3.8, 4) is 0 Å². The van der Waals surface area contributed by atoms with Crippen LogP contribution in [0.2, 0.25) is 0 Å². The first-order valence-electron chi connectivity index (χ1n) is 9.08. The molecule has 0 atom stereocenters. The Morgan fingerprint density at radius 3 is 2.96 bits per heavy atom. The van der Waals surface area contributed by atoms with Gasteiger partial charge in [-0.1, -0.05) is 0 Å². The smallest absolute Gasteiger partial charge is 0.261 e. The molecule has 4 heterocycles. The Balaban J connectivity index is 1.53. The van der Waals surface area contributed by atoms with Crippen molar-refractivity contribution in [1.29, 1.82) is 0 Å². The zero-order chi connectivity index (χ0) is 19.1. The van der Waals surface area contributed by atoms with Gasteiger partial charge in [0, 0.05) is 37.6 Å². The molecule has 2 aromatic heterocycles. The maximum Gasteiger partial charge on any atom is 0.261 e. The third kappa shape index (κ3) is 2.76. The normalized spacial score (nSPS) is 16.1. The molecule has 2 N–H and O–H groups in total. The first kappa shape index (κ1) is 16.7. The summed E-state index contributed by atoms with van der Waals surface area (Å²) >= 11 is 0. The van der Waals surface area contributed by atoms with Crippen LogP contribution in [0, 0.1) is 0 Å². The van der Waals surface area contributed by atoms with E-state index in [9.17, 15) is 9.59 Å². The van der Waals surface area contributed by atoms with Gasteiger partial charge in [-0.05, 0) is 23.8 Å². The van der Waals surface area contributed by atoms with E-state index in [1.165, 1.54) is 6.20 Å². The lowest BCUT2D eigenvalue weighted by molar-refractivity contribution is 0.0965. The molecule has 9 heteroatoms. The Morgan fingerprint density at radius 1 is 1.25 bits per heavy atom. The number of rotatable bonds is 3. The number of amides is 2. The van der Waals surface area contributed by atoms with Gasteiger partial charge in [-0.3, -0.25) is 9.59 Å². The summed E-state index contributed by atoms with van der Waals surface area (Å²) < 4.78 is 6.99. The fraction of sp³-hybridized carbons (Fsp3) is 0.263. The van der Waals surface area contributed by atoms with E-state index in [-0.39, 0.29) is 11.8 Å². The lowest BCUT2D eigenvalue weighted by Gasteiger charge is -2.31. The van der Waals surface area contributed by atoms with Crippen LogP contribution in [0.1, 0.15) is 26.3 Å². The molecule has 0 spiro atoms. The summed E-state index contributed by atoms with van der Waals surface area (Å²) in [6.07, 6.45) is 4.87. The standard InChI is InChI=1S/C19H18N6O3/c26-18-13-9-16(24-4-6-28-7-5-24)15(8-12(13)10-21-18)23-19(27)14-11-22-25-3-1-2-20-17(14)25/h1-3,8-9,11H,4-7,10H2,(H,21,26)(H,23,27). The molecular formula is C19H18N6O3. The van der Waals surface area contributed by atoms with Crippen molar-refractivity contribution in [2.45, 2.75) is 6.54 Å². The number of fused-ring (bicyclic) bond motifs is 2. The molecule has 28 heavy (non-hydrogen) atoms. The highest BCUT2D eigenvalue weighted by Crippen LogP contribution is 2.33. The number of hydrogen-bond acceptors (Lipinski definition) is 6. The van der Waals surface area contributed by atoms with Gasteiger partial charge in [-0.2, -0.15) is 5.10 Å². The maximum absolute atomic E-state index is 13.0. The van der Waals surface area contributed by atoms with Crippen LogP contribution >= 0.6 is 0 Å². The molecule has 1 aromatic carbocycles. The minimum absolute atomic E-state index is 0.0887. The molecule has 0 bridgehead atoms. The Hall–Kier alpha value is -3.46. The first-order chi connectivity index (χ1) is 13.7. The number of nitrogens with zero attached hydrogens (tertiary/aromatic N) is 4. The second kappa shape index (κ2) is 6.61. The number of benzene rings is 1. The number of aromatic nitrogens is 3. The van der Waals surface area contributed by atoms with Gasteiger partial charge in [0.1, 0.15) is 5.56 Å². The van der Waals surface area contributed by atoms with Crippen LogP contribution in [0.3, 0.4) is 0 Å². The minimum atomic E-state index is -0.291. The summed E-state index contributed by atoms with van der Waals surface area (Å²) in [6.45, 7) is 3.06. The van der Waals surface area contributed by atoms with Crippen molar-refractivity contribution in [2.24, 2.45) is 0 Å². The number of carbonyl (C=O) groups excluding carboxylic acids is 2. The van der Waals surface area contributed by atoms with Crippen LogP contribution in [-0.2, 0) is 11.3 Å². The van der Waals surface area contributed by atoms with Crippen LogP contribution in [0.25, 0.3) is 5.65 Å². The van der Waals surface area contributed by atoms with E-state index in [4.69, 9.17) is 4.74 Å². The van der Waals surface area contributed by atoms with Gasteiger partial charge in [0.2, 0.25) is 0 Å². The molecule has 2 aliphatic heterocycles. The number of morpholine rings is 1. The molecule has 3 aromatic rings. The number of hydrogen-bond donors (Lipinski definition) is 2. The molecule has 9 nitrogen and oxygen atoms in total. The maximum atomic E-state index is 13.0. The average Bonchev–Trinajstić information content (AvgIpc) is 3.32. The second-order valence-electron chi connectivity index (χ2n) is 6.71. The van der Waals surface area contributed by atoms with Crippen LogP contribution in [-0.4, -0.2) is 52.7 Å². The first-order valence-corrected chi connectivity index (χ1v) is 9.08.